The Kier molecular flexibility index (Phi) is 13.8. The zero-order chi connectivity index (χ0) is 17.5. The minimum Gasteiger partial charge on any atom is -0.368 e. The fourth-order valence-electron chi connectivity index (χ4n) is 2.42. The zero-order valence-electron chi connectivity index (χ0n) is 15.8. The van der Waals surface area contributed by atoms with Crippen LogP contribution in [0, 0.1) is 0 Å². The normalized spacial score (nSPS) is 15.5. The van der Waals surface area contributed by atoms with Gasteiger partial charge in [-0.15, -0.1) is 0 Å². The van der Waals surface area contributed by atoms with Gasteiger partial charge in [0.15, 0.2) is 6.29 Å². The summed E-state index contributed by atoms with van der Waals surface area (Å²) >= 11 is 0. The molecule has 23 heavy (non-hydrogen) atoms. The molecule has 0 radical (unpaired) electrons. The maximum absolute atomic E-state index is 9.55. The van der Waals surface area contributed by atoms with Crippen LogP contribution in [0.2, 0.25) is 0 Å². The molecule has 2 nitrogen and oxygen atoms in total. The van der Waals surface area contributed by atoms with Crippen molar-refractivity contribution in [2.75, 3.05) is 6.61 Å². The lowest BCUT2D eigenvalue weighted by Gasteiger charge is -2.10. The molecular weight excluding hydrogens is 284 g/mol. The van der Waals surface area contributed by atoms with E-state index in [2.05, 4.69) is 51.2 Å². The second-order valence-corrected chi connectivity index (χ2v) is 5.76. The van der Waals surface area contributed by atoms with Gasteiger partial charge < -0.3 is 9.84 Å². The Morgan fingerprint density at radius 3 is 2.35 bits per heavy atom. The first kappa shape index (κ1) is 21.9. The topological polar surface area (TPSA) is 29.5 Å². The third kappa shape index (κ3) is 11.1. The molecule has 0 aliphatic carbocycles. The molecule has 0 saturated carbocycles. The Hall–Kier alpha value is -1.12. The van der Waals surface area contributed by atoms with Gasteiger partial charge in [0.1, 0.15) is 0 Å². The van der Waals surface area contributed by atoms with Crippen molar-refractivity contribution in [3.05, 3.63) is 47.1 Å². The van der Waals surface area contributed by atoms with Crippen molar-refractivity contribution in [1.82, 2.24) is 0 Å². The van der Waals surface area contributed by atoms with E-state index in [1.807, 2.05) is 13.8 Å². The quantitative estimate of drug-likeness (QED) is 0.267. The Morgan fingerprint density at radius 2 is 1.78 bits per heavy atom. The summed E-state index contributed by atoms with van der Waals surface area (Å²) in [5.41, 5.74) is 4.19. The molecule has 0 saturated heterocycles. The van der Waals surface area contributed by atoms with Crippen molar-refractivity contribution in [3.63, 3.8) is 0 Å². The smallest absolute Gasteiger partial charge is 0.154 e. The van der Waals surface area contributed by atoms with Crippen LogP contribution >= 0.6 is 0 Å². The van der Waals surface area contributed by atoms with Crippen molar-refractivity contribution in [2.24, 2.45) is 0 Å². The molecular formula is C21H36O2. The third-order valence-electron chi connectivity index (χ3n) is 3.96. The predicted octanol–water partition coefficient (Wildman–Crippen LogP) is 6.10. The SMILES string of the molecule is C\C=C/C=C(CC)/C(C)=C/C=C(\CC)CCCCC(O)OCC. The van der Waals surface area contributed by atoms with E-state index in [0.717, 1.165) is 38.5 Å². The molecule has 0 spiro atoms. The van der Waals surface area contributed by atoms with Crippen LogP contribution in [0.5, 0.6) is 0 Å². The van der Waals surface area contributed by atoms with E-state index < -0.39 is 6.29 Å². The number of allylic oxidation sites excluding steroid dienone is 8. The van der Waals surface area contributed by atoms with Gasteiger partial charge in [-0.3, -0.25) is 0 Å². The van der Waals surface area contributed by atoms with Gasteiger partial charge in [0, 0.05) is 6.61 Å². The molecule has 0 rings (SSSR count). The van der Waals surface area contributed by atoms with E-state index in [0.29, 0.717) is 6.61 Å². The summed E-state index contributed by atoms with van der Waals surface area (Å²) in [7, 11) is 0. The minimum absolute atomic E-state index is 0.575. The summed E-state index contributed by atoms with van der Waals surface area (Å²) < 4.78 is 5.14. The fourth-order valence-corrected chi connectivity index (χ4v) is 2.42. The number of hydrogen-bond acceptors (Lipinski definition) is 2. The number of rotatable bonds is 12. The maximum Gasteiger partial charge on any atom is 0.154 e. The second kappa shape index (κ2) is 14.5. The summed E-state index contributed by atoms with van der Waals surface area (Å²) in [5.74, 6) is 0. The first-order valence-electron chi connectivity index (χ1n) is 9.07. The van der Waals surface area contributed by atoms with Crippen molar-refractivity contribution in [3.8, 4) is 0 Å². The fraction of sp³-hybridized carbons (Fsp3) is 0.619. The van der Waals surface area contributed by atoms with Crippen LogP contribution in [0.4, 0.5) is 0 Å². The van der Waals surface area contributed by atoms with E-state index in [4.69, 9.17) is 4.74 Å². The van der Waals surface area contributed by atoms with Crippen LogP contribution in [0.1, 0.15) is 73.1 Å². The molecule has 1 unspecified atom stereocenters. The van der Waals surface area contributed by atoms with Crippen molar-refractivity contribution >= 4 is 0 Å². The molecule has 0 fully saturated rings. The van der Waals surface area contributed by atoms with Crippen LogP contribution in [-0.2, 0) is 4.74 Å². The molecule has 0 aromatic rings. The predicted molar refractivity (Wildman–Crippen MR) is 101 cm³/mol. The number of hydrogen-bond donors (Lipinski definition) is 1. The van der Waals surface area contributed by atoms with Gasteiger partial charge in [-0.25, -0.2) is 0 Å². The Balaban J connectivity index is 4.48. The van der Waals surface area contributed by atoms with Gasteiger partial charge in [-0.2, -0.15) is 0 Å². The largest absolute Gasteiger partial charge is 0.368 e. The average Bonchev–Trinajstić information content (AvgIpc) is 2.55. The summed E-state index contributed by atoms with van der Waals surface area (Å²) in [4.78, 5) is 0. The van der Waals surface area contributed by atoms with E-state index in [1.165, 1.54) is 16.7 Å². The highest BCUT2D eigenvalue weighted by atomic mass is 16.6. The lowest BCUT2D eigenvalue weighted by Crippen LogP contribution is -2.11. The summed E-state index contributed by atoms with van der Waals surface area (Å²) in [6, 6.07) is 0. The molecule has 0 aromatic heterocycles. The number of unbranched alkanes of at least 4 members (excludes halogenated alkanes) is 1. The number of aliphatic hydroxyl groups is 1. The van der Waals surface area contributed by atoms with Crippen LogP contribution in [0.15, 0.2) is 47.1 Å². The zero-order valence-corrected chi connectivity index (χ0v) is 15.8. The van der Waals surface area contributed by atoms with E-state index in [-0.39, 0.29) is 0 Å². The molecule has 1 N–H and O–H groups in total. The van der Waals surface area contributed by atoms with Gasteiger partial charge in [0.2, 0.25) is 0 Å². The first-order chi connectivity index (χ1) is 11.1. The summed E-state index contributed by atoms with van der Waals surface area (Å²) in [6.07, 6.45) is 16.3. The standard InChI is InChI=1S/C21H36O2/c1-6-10-14-20(8-3)18(5)16-17-19(7-2)13-11-12-15-21(22)23-9-4/h6,10,14,16-17,21-22H,7-9,11-13,15H2,1-5H3/b10-6-,18-16+,19-17+,20-14+. The van der Waals surface area contributed by atoms with Gasteiger partial charge in [0.05, 0.1) is 0 Å². The van der Waals surface area contributed by atoms with Crippen LogP contribution in [0.25, 0.3) is 0 Å². The monoisotopic (exact) mass is 320 g/mol. The summed E-state index contributed by atoms with van der Waals surface area (Å²) in [5, 5.41) is 9.55. The van der Waals surface area contributed by atoms with Gasteiger partial charge in [-0.05, 0) is 70.4 Å². The van der Waals surface area contributed by atoms with Crippen molar-refractivity contribution in [1.29, 1.82) is 0 Å². The highest BCUT2D eigenvalue weighted by molar-refractivity contribution is 5.35. The Morgan fingerprint density at radius 1 is 1.04 bits per heavy atom. The Bertz CT molecular complexity index is 414. The Labute approximate surface area is 143 Å². The second-order valence-electron chi connectivity index (χ2n) is 5.76. The average molecular weight is 321 g/mol. The first-order valence-corrected chi connectivity index (χ1v) is 9.07. The number of ether oxygens (including phenoxy) is 1. The van der Waals surface area contributed by atoms with Gasteiger partial charge >= 0.3 is 0 Å². The molecule has 0 amide bonds. The molecule has 132 valence electrons. The van der Waals surface area contributed by atoms with Gasteiger partial charge in [-0.1, -0.05) is 49.8 Å². The van der Waals surface area contributed by atoms with Crippen LogP contribution in [-0.4, -0.2) is 18.0 Å². The highest BCUT2D eigenvalue weighted by Crippen LogP contribution is 2.17. The third-order valence-corrected chi connectivity index (χ3v) is 3.96. The van der Waals surface area contributed by atoms with E-state index in [1.54, 1.807) is 0 Å². The molecule has 2 heteroatoms. The molecule has 0 aliphatic rings. The molecule has 1 atom stereocenters. The van der Waals surface area contributed by atoms with E-state index in [9.17, 15) is 5.11 Å². The van der Waals surface area contributed by atoms with E-state index >= 15 is 0 Å². The highest BCUT2D eigenvalue weighted by Gasteiger charge is 2.02. The number of aliphatic hydroxyl groups excluding tert-OH is 1. The molecule has 0 bridgehead atoms. The molecule has 0 aromatic carbocycles. The molecule has 0 heterocycles. The molecule has 0 aliphatic heterocycles. The lowest BCUT2D eigenvalue weighted by atomic mass is 10.0. The van der Waals surface area contributed by atoms with Crippen molar-refractivity contribution in [2.45, 2.75) is 79.4 Å². The lowest BCUT2D eigenvalue weighted by molar-refractivity contribution is -0.0993. The van der Waals surface area contributed by atoms with Crippen molar-refractivity contribution < 1.29 is 9.84 Å². The summed E-state index contributed by atoms with van der Waals surface area (Å²) in [6.45, 7) is 11.1. The minimum atomic E-state index is -0.597. The maximum atomic E-state index is 9.55. The van der Waals surface area contributed by atoms with Crippen LogP contribution in [0.3, 0.4) is 0 Å². The van der Waals surface area contributed by atoms with Gasteiger partial charge in [0.25, 0.3) is 0 Å². The van der Waals surface area contributed by atoms with Crippen LogP contribution < -0.4 is 0 Å².